The van der Waals surface area contributed by atoms with Crippen LogP contribution in [0, 0.1) is 0 Å². The van der Waals surface area contributed by atoms with Gasteiger partial charge in [0.05, 0.1) is 0 Å². The third-order valence-electron chi connectivity index (χ3n) is 2.73. The number of carbonyl (C=O) groups is 1. The zero-order valence-electron chi connectivity index (χ0n) is 11.8. The van der Waals surface area contributed by atoms with Crippen LogP contribution in [0.15, 0.2) is 22.2 Å². The summed E-state index contributed by atoms with van der Waals surface area (Å²) in [4.78, 5) is 24.4. The maximum atomic E-state index is 11.0. The minimum absolute atomic E-state index is 0.206. The molecule has 2 aromatic heterocycles. The lowest BCUT2D eigenvalue weighted by molar-refractivity contribution is -0.114. The molecule has 0 aromatic carbocycles. The molecule has 1 unspecified atom stereocenters. The van der Waals surface area contributed by atoms with E-state index in [4.69, 9.17) is 0 Å². The zero-order chi connectivity index (χ0) is 15.2. The molecule has 0 fully saturated rings. The first-order valence-corrected chi connectivity index (χ1v) is 8.17. The van der Waals surface area contributed by atoms with E-state index in [1.54, 1.807) is 11.3 Å². The normalized spacial score (nSPS) is 12.0. The molecule has 0 aliphatic heterocycles. The summed E-state index contributed by atoms with van der Waals surface area (Å²) in [7, 11) is 0. The molecule has 0 saturated heterocycles. The van der Waals surface area contributed by atoms with Crippen molar-refractivity contribution in [2.75, 3.05) is 10.6 Å². The van der Waals surface area contributed by atoms with Crippen molar-refractivity contribution in [2.24, 2.45) is 0 Å². The second kappa shape index (κ2) is 7.46. The molecule has 2 heterocycles. The van der Waals surface area contributed by atoms with E-state index in [1.807, 2.05) is 0 Å². The second-order valence-corrected chi connectivity index (χ2v) is 6.44. The van der Waals surface area contributed by atoms with Crippen LogP contribution in [0.1, 0.15) is 25.1 Å². The number of aromatic nitrogens is 3. The first kappa shape index (κ1) is 15.8. The lowest BCUT2D eigenvalue weighted by Crippen LogP contribution is -2.19. The van der Waals surface area contributed by atoms with Gasteiger partial charge in [-0.25, -0.2) is 9.97 Å². The number of rotatable bonds is 6. The van der Waals surface area contributed by atoms with Crippen LogP contribution in [-0.2, 0) is 11.2 Å². The molecule has 0 aliphatic rings. The number of nitrogens with zero attached hydrogens (tertiary/aromatic N) is 3. The Morgan fingerprint density at radius 1 is 1.43 bits per heavy atom. The number of nitrogens with one attached hydrogen (secondary N) is 2. The van der Waals surface area contributed by atoms with E-state index in [1.165, 1.54) is 18.1 Å². The predicted octanol–water partition coefficient (Wildman–Crippen LogP) is 3.09. The van der Waals surface area contributed by atoms with Gasteiger partial charge in [-0.3, -0.25) is 10.1 Å². The quantitative estimate of drug-likeness (QED) is 0.817. The van der Waals surface area contributed by atoms with Crippen LogP contribution < -0.4 is 10.6 Å². The average molecular weight is 370 g/mol. The summed E-state index contributed by atoms with van der Waals surface area (Å²) in [6.07, 6.45) is 3.32. The van der Waals surface area contributed by atoms with Gasteiger partial charge in [-0.05, 0) is 47.1 Å². The molecule has 2 aromatic rings. The summed E-state index contributed by atoms with van der Waals surface area (Å²) in [6.45, 7) is 3.49. The Morgan fingerprint density at radius 2 is 2.19 bits per heavy atom. The van der Waals surface area contributed by atoms with Crippen molar-refractivity contribution in [1.82, 2.24) is 15.0 Å². The monoisotopic (exact) mass is 369 g/mol. The van der Waals surface area contributed by atoms with Gasteiger partial charge >= 0.3 is 0 Å². The second-order valence-electron chi connectivity index (χ2n) is 4.59. The van der Waals surface area contributed by atoms with Gasteiger partial charge in [-0.2, -0.15) is 4.98 Å². The molecular formula is C13H16BrN5OS. The molecule has 0 saturated carbocycles. The summed E-state index contributed by atoms with van der Waals surface area (Å²) in [5.41, 5.74) is 0. The highest BCUT2D eigenvalue weighted by molar-refractivity contribution is 9.10. The van der Waals surface area contributed by atoms with Crippen molar-refractivity contribution in [3.63, 3.8) is 0 Å². The number of anilines is 2. The highest BCUT2D eigenvalue weighted by Gasteiger charge is 2.08. The van der Waals surface area contributed by atoms with Gasteiger partial charge in [0.1, 0.15) is 6.33 Å². The van der Waals surface area contributed by atoms with Gasteiger partial charge in [0.25, 0.3) is 0 Å². The lowest BCUT2D eigenvalue weighted by atomic mass is 10.1. The topological polar surface area (TPSA) is 79.8 Å². The Kier molecular flexibility index (Phi) is 5.63. The zero-order valence-corrected chi connectivity index (χ0v) is 14.2. The molecule has 2 rings (SSSR count). The molecule has 0 aliphatic carbocycles. The molecule has 0 radical (unpaired) electrons. The van der Waals surface area contributed by atoms with Gasteiger partial charge in [-0.15, -0.1) is 11.3 Å². The largest absolute Gasteiger partial charge is 0.352 e. The van der Waals surface area contributed by atoms with E-state index in [-0.39, 0.29) is 17.9 Å². The summed E-state index contributed by atoms with van der Waals surface area (Å²) in [5.74, 6) is 0.516. The van der Waals surface area contributed by atoms with Crippen LogP contribution in [-0.4, -0.2) is 26.9 Å². The smallest absolute Gasteiger partial charge is 0.234 e. The SMILES string of the molecule is CC(=O)Nc1ncnc(NC(C)CCc2sccc2Br)n1. The van der Waals surface area contributed by atoms with E-state index in [2.05, 4.69) is 59.9 Å². The maximum Gasteiger partial charge on any atom is 0.234 e. The predicted molar refractivity (Wildman–Crippen MR) is 87.6 cm³/mol. The van der Waals surface area contributed by atoms with Crippen LogP contribution in [0.4, 0.5) is 11.9 Å². The highest BCUT2D eigenvalue weighted by Crippen LogP contribution is 2.24. The van der Waals surface area contributed by atoms with Gasteiger partial charge < -0.3 is 5.32 Å². The van der Waals surface area contributed by atoms with Crippen molar-refractivity contribution < 1.29 is 4.79 Å². The average Bonchev–Trinajstić information content (AvgIpc) is 2.81. The van der Waals surface area contributed by atoms with E-state index >= 15 is 0 Å². The first-order chi connectivity index (χ1) is 10.0. The molecule has 0 spiro atoms. The molecular weight excluding hydrogens is 354 g/mol. The molecule has 1 atom stereocenters. The molecule has 1 amide bonds. The molecule has 0 bridgehead atoms. The number of halogens is 1. The van der Waals surface area contributed by atoms with E-state index < -0.39 is 0 Å². The van der Waals surface area contributed by atoms with Crippen molar-refractivity contribution in [2.45, 2.75) is 32.7 Å². The highest BCUT2D eigenvalue weighted by atomic mass is 79.9. The summed E-state index contributed by atoms with van der Waals surface area (Å²) in [5, 5.41) is 7.82. The summed E-state index contributed by atoms with van der Waals surface area (Å²) >= 11 is 5.28. The molecule has 2 N–H and O–H groups in total. The van der Waals surface area contributed by atoms with E-state index in [0.717, 1.165) is 17.3 Å². The minimum atomic E-state index is -0.206. The molecule has 112 valence electrons. The van der Waals surface area contributed by atoms with Crippen LogP contribution in [0.3, 0.4) is 0 Å². The third-order valence-corrected chi connectivity index (χ3v) is 4.72. The number of hydrogen-bond acceptors (Lipinski definition) is 6. The summed E-state index contributed by atoms with van der Waals surface area (Å²) < 4.78 is 1.16. The Balaban J connectivity index is 1.88. The lowest BCUT2D eigenvalue weighted by Gasteiger charge is -2.13. The van der Waals surface area contributed by atoms with Gasteiger partial charge in [-0.1, -0.05) is 0 Å². The van der Waals surface area contributed by atoms with E-state index in [9.17, 15) is 4.79 Å². The van der Waals surface area contributed by atoms with Crippen molar-refractivity contribution in [3.05, 3.63) is 27.1 Å². The first-order valence-electron chi connectivity index (χ1n) is 6.49. The van der Waals surface area contributed by atoms with Gasteiger partial charge in [0, 0.05) is 22.3 Å². The van der Waals surface area contributed by atoms with E-state index in [0.29, 0.717) is 5.95 Å². The fourth-order valence-corrected chi connectivity index (χ4v) is 3.30. The fourth-order valence-electron chi connectivity index (χ4n) is 1.73. The third kappa shape index (κ3) is 5.05. The van der Waals surface area contributed by atoms with Gasteiger partial charge in [0.15, 0.2) is 0 Å². The number of hydrogen-bond donors (Lipinski definition) is 2. The van der Waals surface area contributed by atoms with Gasteiger partial charge in [0.2, 0.25) is 17.8 Å². The van der Waals surface area contributed by atoms with Crippen molar-refractivity contribution in [3.8, 4) is 0 Å². The molecule has 8 heteroatoms. The number of carbonyl (C=O) groups excluding carboxylic acids is 1. The van der Waals surface area contributed by atoms with Crippen LogP contribution in [0.2, 0.25) is 0 Å². The Bertz CT molecular complexity index is 618. The van der Waals surface area contributed by atoms with Crippen LogP contribution in [0.5, 0.6) is 0 Å². The maximum absolute atomic E-state index is 11.0. The Labute approximate surface area is 135 Å². The number of amides is 1. The Hall–Kier alpha value is -1.54. The fraction of sp³-hybridized carbons (Fsp3) is 0.385. The van der Waals surface area contributed by atoms with Crippen LogP contribution >= 0.6 is 27.3 Å². The Morgan fingerprint density at radius 3 is 2.86 bits per heavy atom. The van der Waals surface area contributed by atoms with Crippen LogP contribution in [0.25, 0.3) is 0 Å². The minimum Gasteiger partial charge on any atom is -0.352 e. The van der Waals surface area contributed by atoms with Crippen molar-refractivity contribution in [1.29, 1.82) is 0 Å². The summed E-state index contributed by atoms with van der Waals surface area (Å²) in [6, 6.07) is 2.27. The number of aryl methyl sites for hydroxylation is 1. The molecule has 21 heavy (non-hydrogen) atoms. The molecule has 6 nitrogen and oxygen atoms in total. The number of thiophene rings is 1. The van der Waals surface area contributed by atoms with Crippen molar-refractivity contribution >= 4 is 45.1 Å². The standard InChI is InChI=1S/C13H16BrN5OS/c1-8(3-4-11-10(14)5-6-21-11)17-12-15-7-16-13(19-12)18-9(2)20/h5-8H,3-4H2,1-2H3,(H2,15,16,17,18,19,20).